The topological polar surface area (TPSA) is 30.5 Å². The van der Waals surface area contributed by atoms with E-state index in [4.69, 9.17) is 15.9 Å². The van der Waals surface area contributed by atoms with Crippen molar-refractivity contribution in [2.24, 2.45) is 0 Å². The van der Waals surface area contributed by atoms with E-state index in [2.05, 4.69) is 11.2 Å². The molecule has 0 aromatic heterocycles. The molecule has 0 fully saturated rings. The van der Waals surface area contributed by atoms with Gasteiger partial charge in [0, 0.05) is 23.9 Å². The normalized spacial score (nSPS) is 9.65. The van der Waals surface area contributed by atoms with E-state index in [0.29, 0.717) is 6.54 Å². The molecule has 0 saturated carbocycles. The van der Waals surface area contributed by atoms with Crippen LogP contribution < -0.4 is 14.8 Å². The number of ether oxygens (including phenoxy) is 2. The number of terminal acetylenes is 1. The summed E-state index contributed by atoms with van der Waals surface area (Å²) in [7, 11) is 3.28. The fraction of sp³-hybridized carbons (Fsp3) is 0.176. The quantitative estimate of drug-likeness (QED) is 0.843. The van der Waals surface area contributed by atoms with Gasteiger partial charge < -0.3 is 14.8 Å². The SMILES string of the molecule is C#Cc1cccc(NCc2cc(OC)cc(OC)c2)c1. The van der Waals surface area contributed by atoms with Crippen LogP contribution >= 0.6 is 0 Å². The maximum absolute atomic E-state index is 5.39. The van der Waals surface area contributed by atoms with E-state index in [9.17, 15) is 0 Å². The molecule has 0 atom stereocenters. The smallest absolute Gasteiger partial charge is 0.122 e. The minimum atomic E-state index is 0.668. The molecule has 0 radical (unpaired) electrons. The Morgan fingerprint density at radius 1 is 1.05 bits per heavy atom. The maximum atomic E-state index is 5.39. The molecular weight excluding hydrogens is 250 g/mol. The Morgan fingerprint density at radius 3 is 2.35 bits per heavy atom. The molecule has 0 aliphatic rings. The number of hydrogen-bond acceptors (Lipinski definition) is 3. The van der Waals surface area contributed by atoms with E-state index >= 15 is 0 Å². The lowest BCUT2D eigenvalue weighted by Crippen LogP contribution is -2.00. The summed E-state index contributed by atoms with van der Waals surface area (Å²) in [5.41, 5.74) is 2.92. The summed E-state index contributed by atoms with van der Waals surface area (Å²) in [6.45, 7) is 0.668. The van der Waals surface area contributed by atoms with Crippen LogP contribution in [0.25, 0.3) is 0 Å². The summed E-state index contributed by atoms with van der Waals surface area (Å²) in [5.74, 6) is 4.17. The van der Waals surface area contributed by atoms with Crippen LogP contribution in [0, 0.1) is 12.3 Å². The zero-order valence-electron chi connectivity index (χ0n) is 11.6. The predicted octanol–water partition coefficient (Wildman–Crippen LogP) is 3.30. The highest BCUT2D eigenvalue weighted by atomic mass is 16.5. The standard InChI is InChI=1S/C17H17NO2/c1-4-13-6-5-7-15(8-13)18-12-14-9-16(19-2)11-17(10-14)20-3/h1,5-11,18H,12H2,2-3H3. The van der Waals surface area contributed by atoms with E-state index < -0.39 is 0 Å². The van der Waals surface area contributed by atoms with Gasteiger partial charge in [-0.05, 0) is 35.9 Å². The first-order valence-electron chi connectivity index (χ1n) is 6.27. The molecule has 2 aromatic carbocycles. The van der Waals surface area contributed by atoms with Crippen molar-refractivity contribution in [1.82, 2.24) is 0 Å². The second kappa shape index (κ2) is 6.53. The highest BCUT2D eigenvalue weighted by Crippen LogP contribution is 2.23. The molecule has 3 heteroatoms. The van der Waals surface area contributed by atoms with Gasteiger partial charge in [-0.1, -0.05) is 12.0 Å². The molecule has 0 saturated heterocycles. The average molecular weight is 267 g/mol. The number of nitrogens with one attached hydrogen (secondary N) is 1. The van der Waals surface area contributed by atoms with Crippen LogP contribution in [0.3, 0.4) is 0 Å². The molecule has 2 aromatic rings. The molecule has 0 spiro atoms. The molecule has 1 N–H and O–H groups in total. The molecule has 0 aliphatic carbocycles. The minimum absolute atomic E-state index is 0.668. The highest BCUT2D eigenvalue weighted by molar-refractivity contribution is 5.50. The Balaban J connectivity index is 2.12. The van der Waals surface area contributed by atoms with Gasteiger partial charge >= 0.3 is 0 Å². The van der Waals surface area contributed by atoms with Crippen LogP contribution in [0.15, 0.2) is 42.5 Å². The third kappa shape index (κ3) is 3.46. The van der Waals surface area contributed by atoms with Crippen LogP contribution in [-0.2, 0) is 6.54 Å². The van der Waals surface area contributed by atoms with Crippen molar-refractivity contribution in [3.05, 3.63) is 53.6 Å². The third-order valence-electron chi connectivity index (χ3n) is 2.94. The van der Waals surface area contributed by atoms with Crippen LogP contribution in [0.4, 0.5) is 5.69 Å². The third-order valence-corrected chi connectivity index (χ3v) is 2.94. The number of benzene rings is 2. The van der Waals surface area contributed by atoms with Crippen molar-refractivity contribution in [3.63, 3.8) is 0 Å². The van der Waals surface area contributed by atoms with Gasteiger partial charge in [-0.3, -0.25) is 0 Å². The first-order valence-corrected chi connectivity index (χ1v) is 6.27. The van der Waals surface area contributed by atoms with Gasteiger partial charge in [-0.25, -0.2) is 0 Å². The van der Waals surface area contributed by atoms with Crippen molar-refractivity contribution in [2.45, 2.75) is 6.54 Å². The van der Waals surface area contributed by atoms with E-state index in [-0.39, 0.29) is 0 Å². The van der Waals surface area contributed by atoms with Crippen molar-refractivity contribution in [1.29, 1.82) is 0 Å². The Labute approximate surface area is 119 Å². The Bertz CT molecular complexity index is 607. The number of hydrogen-bond donors (Lipinski definition) is 1. The molecule has 2 rings (SSSR count). The zero-order valence-corrected chi connectivity index (χ0v) is 11.6. The van der Waals surface area contributed by atoms with E-state index in [0.717, 1.165) is 28.3 Å². The number of rotatable bonds is 5. The van der Waals surface area contributed by atoms with Crippen LogP contribution in [0.5, 0.6) is 11.5 Å². The van der Waals surface area contributed by atoms with Gasteiger partial charge in [0.1, 0.15) is 11.5 Å². The second-order valence-electron chi connectivity index (χ2n) is 4.30. The first kappa shape index (κ1) is 13.8. The van der Waals surface area contributed by atoms with Crippen LogP contribution in [-0.4, -0.2) is 14.2 Å². The first-order chi connectivity index (χ1) is 9.75. The molecule has 0 amide bonds. The molecule has 3 nitrogen and oxygen atoms in total. The van der Waals surface area contributed by atoms with Crippen molar-refractivity contribution >= 4 is 5.69 Å². The van der Waals surface area contributed by atoms with E-state index in [1.54, 1.807) is 14.2 Å². The number of methoxy groups -OCH3 is 2. The predicted molar refractivity (Wildman–Crippen MR) is 81.2 cm³/mol. The van der Waals surface area contributed by atoms with Gasteiger partial charge in [0.25, 0.3) is 0 Å². The summed E-state index contributed by atoms with van der Waals surface area (Å²) in [6, 6.07) is 13.6. The Hall–Kier alpha value is -2.60. The lowest BCUT2D eigenvalue weighted by atomic mass is 10.1. The fourth-order valence-electron chi connectivity index (χ4n) is 1.89. The maximum Gasteiger partial charge on any atom is 0.122 e. The lowest BCUT2D eigenvalue weighted by molar-refractivity contribution is 0.393. The largest absolute Gasteiger partial charge is 0.497 e. The van der Waals surface area contributed by atoms with E-state index in [1.807, 2.05) is 42.5 Å². The molecule has 0 unspecified atom stereocenters. The second-order valence-corrected chi connectivity index (χ2v) is 4.30. The van der Waals surface area contributed by atoms with Gasteiger partial charge in [-0.15, -0.1) is 6.42 Å². The summed E-state index contributed by atoms with van der Waals surface area (Å²) < 4.78 is 10.5. The van der Waals surface area contributed by atoms with Gasteiger partial charge in [0.15, 0.2) is 0 Å². The highest BCUT2D eigenvalue weighted by Gasteiger charge is 2.02. The van der Waals surface area contributed by atoms with Crippen molar-refractivity contribution in [3.8, 4) is 23.8 Å². The molecule has 102 valence electrons. The van der Waals surface area contributed by atoms with Gasteiger partial charge in [0.2, 0.25) is 0 Å². The summed E-state index contributed by atoms with van der Waals surface area (Å²) in [6.07, 6.45) is 5.39. The summed E-state index contributed by atoms with van der Waals surface area (Å²) in [5, 5.41) is 3.33. The van der Waals surface area contributed by atoms with Crippen molar-refractivity contribution < 1.29 is 9.47 Å². The van der Waals surface area contributed by atoms with Gasteiger partial charge in [-0.2, -0.15) is 0 Å². The molecule has 20 heavy (non-hydrogen) atoms. The van der Waals surface area contributed by atoms with Crippen LogP contribution in [0.2, 0.25) is 0 Å². The monoisotopic (exact) mass is 267 g/mol. The van der Waals surface area contributed by atoms with Crippen molar-refractivity contribution in [2.75, 3.05) is 19.5 Å². The van der Waals surface area contributed by atoms with Gasteiger partial charge in [0.05, 0.1) is 14.2 Å². The lowest BCUT2D eigenvalue weighted by Gasteiger charge is -2.10. The average Bonchev–Trinajstić information content (AvgIpc) is 2.52. The minimum Gasteiger partial charge on any atom is -0.497 e. The Morgan fingerprint density at radius 2 is 1.75 bits per heavy atom. The Kier molecular flexibility index (Phi) is 4.52. The number of anilines is 1. The molecular formula is C17H17NO2. The fourth-order valence-corrected chi connectivity index (χ4v) is 1.89. The summed E-state index contributed by atoms with van der Waals surface area (Å²) >= 11 is 0. The molecule has 0 heterocycles. The molecule has 0 bridgehead atoms. The van der Waals surface area contributed by atoms with E-state index in [1.165, 1.54) is 0 Å². The van der Waals surface area contributed by atoms with Crippen LogP contribution in [0.1, 0.15) is 11.1 Å². The summed E-state index contributed by atoms with van der Waals surface area (Å²) in [4.78, 5) is 0. The molecule has 0 aliphatic heterocycles. The zero-order chi connectivity index (χ0) is 14.4.